The Morgan fingerprint density at radius 2 is 2.19 bits per heavy atom. The molecule has 1 heterocycles. The second-order valence-electron chi connectivity index (χ2n) is 4.57. The Hall–Kier alpha value is -0.940. The summed E-state index contributed by atoms with van der Waals surface area (Å²) in [6, 6.07) is 0. The zero-order chi connectivity index (χ0) is 12.0. The molecule has 1 atom stereocenters. The van der Waals surface area contributed by atoms with E-state index in [1.807, 2.05) is 4.68 Å². The number of aliphatic hydroxyl groups excluding tert-OH is 1. The zero-order valence-electron chi connectivity index (χ0n) is 10.3. The van der Waals surface area contributed by atoms with Crippen LogP contribution in [-0.2, 0) is 13.1 Å². The Bertz CT molecular complexity index is 296. The van der Waals surface area contributed by atoms with Gasteiger partial charge in [0.25, 0.3) is 0 Å². The lowest BCUT2D eigenvalue weighted by molar-refractivity contribution is 0.183. The average molecular weight is 226 g/mol. The fourth-order valence-electron chi connectivity index (χ4n) is 1.43. The van der Waals surface area contributed by atoms with E-state index in [1.54, 1.807) is 13.3 Å². The molecule has 0 amide bonds. The summed E-state index contributed by atoms with van der Waals surface area (Å²) in [7, 11) is 0. The Kier molecular flexibility index (Phi) is 5.42. The molecule has 0 aromatic carbocycles. The Morgan fingerprint density at radius 3 is 2.81 bits per heavy atom. The molecule has 0 aliphatic heterocycles. The third-order valence-electron chi connectivity index (χ3n) is 2.26. The Morgan fingerprint density at radius 1 is 1.44 bits per heavy atom. The van der Waals surface area contributed by atoms with Crippen molar-refractivity contribution < 1.29 is 5.11 Å². The van der Waals surface area contributed by atoms with Gasteiger partial charge in [-0.15, -0.1) is 0 Å². The highest BCUT2D eigenvalue weighted by molar-refractivity contribution is 4.84. The normalized spacial score (nSPS) is 13.3. The van der Waals surface area contributed by atoms with E-state index in [4.69, 9.17) is 5.11 Å². The van der Waals surface area contributed by atoms with Gasteiger partial charge in [0.05, 0.1) is 12.6 Å². The van der Waals surface area contributed by atoms with E-state index in [1.165, 1.54) is 0 Å². The SMILES string of the molecule is CC(C)Cn1ncnc1CNCCC(C)O. The van der Waals surface area contributed by atoms with Crippen LogP contribution in [0.25, 0.3) is 0 Å². The number of aromatic nitrogens is 3. The molecule has 0 fully saturated rings. The quantitative estimate of drug-likeness (QED) is 0.675. The number of rotatable bonds is 7. The van der Waals surface area contributed by atoms with Crippen LogP contribution < -0.4 is 5.32 Å². The molecule has 0 saturated carbocycles. The number of nitrogens with zero attached hydrogens (tertiary/aromatic N) is 3. The largest absolute Gasteiger partial charge is 0.393 e. The fraction of sp³-hybridized carbons (Fsp3) is 0.818. The van der Waals surface area contributed by atoms with Crippen molar-refractivity contribution in [2.24, 2.45) is 5.92 Å². The van der Waals surface area contributed by atoms with Crippen LogP contribution in [0.4, 0.5) is 0 Å². The number of hydrogen-bond acceptors (Lipinski definition) is 4. The van der Waals surface area contributed by atoms with Gasteiger partial charge in [-0.05, 0) is 25.8 Å². The first kappa shape index (κ1) is 13.1. The summed E-state index contributed by atoms with van der Waals surface area (Å²) < 4.78 is 1.93. The van der Waals surface area contributed by atoms with Crippen LogP contribution in [-0.4, -0.2) is 32.5 Å². The van der Waals surface area contributed by atoms with Gasteiger partial charge in [0, 0.05) is 6.54 Å². The summed E-state index contributed by atoms with van der Waals surface area (Å²) in [5.41, 5.74) is 0. The van der Waals surface area contributed by atoms with Crippen LogP contribution in [0.5, 0.6) is 0 Å². The minimum absolute atomic E-state index is 0.249. The molecule has 0 aliphatic carbocycles. The third-order valence-corrected chi connectivity index (χ3v) is 2.26. The molecular weight excluding hydrogens is 204 g/mol. The monoisotopic (exact) mass is 226 g/mol. The highest BCUT2D eigenvalue weighted by Crippen LogP contribution is 2.00. The lowest BCUT2D eigenvalue weighted by atomic mass is 10.2. The third kappa shape index (κ3) is 4.72. The van der Waals surface area contributed by atoms with Crippen molar-refractivity contribution in [3.63, 3.8) is 0 Å². The van der Waals surface area contributed by atoms with Crippen LogP contribution in [0, 0.1) is 5.92 Å². The van der Waals surface area contributed by atoms with Crippen LogP contribution in [0.3, 0.4) is 0 Å². The maximum absolute atomic E-state index is 9.11. The minimum Gasteiger partial charge on any atom is -0.393 e. The molecule has 5 heteroatoms. The van der Waals surface area contributed by atoms with Crippen molar-refractivity contribution in [3.8, 4) is 0 Å². The molecule has 0 bridgehead atoms. The lowest BCUT2D eigenvalue weighted by Gasteiger charge is -2.09. The van der Waals surface area contributed by atoms with Gasteiger partial charge in [0.15, 0.2) is 0 Å². The molecule has 1 unspecified atom stereocenters. The summed E-state index contributed by atoms with van der Waals surface area (Å²) in [6.45, 7) is 8.51. The molecule has 0 radical (unpaired) electrons. The first-order valence-electron chi connectivity index (χ1n) is 5.85. The van der Waals surface area contributed by atoms with Gasteiger partial charge in [-0.25, -0.2) is 9.67 Å². The summed E-state index contributed by atoms with van der Waals surface area (Å²) in [5, 5.41) is 16.5. The van der Waals surface area contributed by atoms with Gasteiger partial charge in [-0.2, -0.15) is 5.10 Å². The molecule has 16 heavy (non-hydrogen) atoms. The van der Waals surface area contributed by atoms with Gasteiger partial charge < -0.3 is 10.4 Å². The van der Waals surface area contributed by atoms with E-state index in [2.05, 4.69) is 29.2 Å². The lowest BCUT2D eigenvalue weighted by Crippen LogP contribution is -2.22. The second-order valence-corrected chi connectivity index (χ2v) is 4.57. The van der Waals surface area contributed by atoms with Gasteiger partial charge in [0.1, 0.15) is 12.2 Å². The predicted octanol–water partition coefficient (Wildman–Crippen LogP) is 0.795. The summed E-state index contributed by atoms with van der Waals surface area (Å²) in [5.74, 6) is 1.53. The van der Waals surface area contributed by atoms with Crippen LogP contribution in [0.15, 0.2) is 6.33 Å². The van der Waals surface area contributed by atoms with Gasteiger partial charge in [-0.3, -0.25) is 0 Å². The number of aliphatic hydroxyl groups is 1. The Labute approximate surface area is 96.9 Å². The van der Waals surface area contributed by atoms with E-state index in [9.17, 15) is 0 Å². The molecule has 0 spiro atoms. The molecule has 1 rings (SSSR count). The summed E-state index contributed by atoms with van der Waals surface area (Å²) in [6.07, 6.45) is 2.10. The molecule has 0 aliphatic rings. The minimum atomic E-state index is -0.249. The van der Waals surface area contributed by atoms with E-state index in [0.29, 0.717) is 12.5 Å². The van der Waals surface area contributed by atoms with Crippen molar-refractivity contribution in [2.45, 2.75) is 46.4 Å². The highest BCUT2D eigenvalue weighted by Gasteiger charge is 2.05. The number of hydrogen-bond donors (Lipinski definition) is 2. The first-order chi connectivity index (χ1) is 7.59. The predicted molar refractivity (Wildman–Crippen MR) is 62.9 cm³/mol. The van der Waals surface area contributed by atoms with Crippen molar-refractivity contribution in [1.29, 1.82) is 0 Å². The van der Waals surface area contributed by atoms with Crippen LogP contribution in [0.1, 0.15) is 33.0 Å². The molecule has 1 aromatic heterocycles. The highest BCUT2D eigenvalue weighted by atomic mass is 16.3. The zero-order valence-corrected chi connectivity index (χ0v) is 10.3. The number of nitrogens with one attached hydrogen (secondary N) is 1. The molecule has 2 N–H and O–H groups in total. The van der Waals surface area contributed by atoms with Crippen molar-refractivity contribution >= 4 is 0 Å². The van der Waals surface area contributed by atoms with Crippen molar-refractivity contribution in [3.05, 3.63) is 12.2 Å². The van der Waals surface area contributed by atoms with E-state index >= 15 is 0 Å². The van der Waals surface area contributed by atoms with Crippen molar-refractivity contribution in [1.82, 2.24) is 20.1 Å². The fourth-order valence-corrected chi connectivity index (χ4v) is 1.43. The standard InChI is InChI=1S/C11H22N4O/c1-9(2)7-15-11(13-8-14-15)6-12-5-4-10(3)16/h8-10,12,16H,4-7H2,1-3H3. The summed E-state index contributed by atoms with van der Waals surface area (Å²) >= 11 is 0. The van der Waals surface area contributed by atoms with E-state index in [-0.39, 0.29) is 6.10 Å². The first-order valence-corrected chi connectivity index (χ1v) is 5.85. The maximum Gasteiger partial charge on any atom is 0.140 e. The smallest absolute Gasteiger partial charge is 0.140 e. The molecule has 92 valence electrons. The van der Waals surface area contributed by atoms with Crippen molar-refractivity contribution in [2.75, 3.05) is 6.54 Å². The Balaban J connectivity index is 2.33. The molecule has 0 saturated heterocycles. The van der Waals surface area contributed by atoms with E-state index in [0.717, 1.165) is 25.3 Å². The second kappa shape index (κ2) is 6.60. The van der Waals surface area contributed by atoms with Crippen LogP contribution >= 0.6 is 0 Å². The van der Waals surface area contributed by atoms with E-state index < -0.39 is 0 Å². The molecule has 5 nitrogen and oxygen atoms in total. The van der Waals surface area contributed by atoms with Gasteiger partial charge in [0.2, 0.25) is 0 Å². The molecular formula is C11H22N4O. The maximum atomic E-state index is 9.11. The average Bonchev–Trinajstić information content (AvgIpc) is 2.59. The van der Waals surface area contributed by atoms with Gasteiger partial charge >= 0.3 is 0 Å². The van der Waals surface area contributed by atoms with Gasteiger partial charge in [-0.1, -0.05) is 13.8 Å². The topological polar surface area (TPSA) is 63.0 Å². The molecule has 1 aromatic rings. The van der Waals surface area contributed by atoms with Crippen LogP contribution in [0.2, 0.25) is 0 Å². The summed E-state index contributed by atoms with van der Waals surface area (Å²) in [4.78, 5) is 4.21.